The van der Waals surface area contributed by atoms with Gasteiger partial charge in [-0.15, -0.1) is 6.58 Å². The minimum atomic E-state index is -3.93. The van der Waals surface area contributed by atoms with Gasteiger partial charge in [0.15, 0.2) is 0 Å². The molecule has 300 valence electrons. The molecule has 3 heterocycles. The zero-order valence-corrected chi connectivity index (χ0v) is 32.7. The van der Waals surface area contributed by atoms with E-state index in [1.54, 1.807) is 46.8 Å². The van der Waals surface area contributed by atoms with Crippen LogP contribution >= 0.6 is 0 Å². The summed E-state index contributed by atoms with van der Waals surface area (Å²) in [4.78, 5) is 71.8. The van der Waals surface area contributed by atoms with Crippen molar-refractivity contribution < 1.29 is 51.3 Å². The summed E-state index contributed by atoms with van der Waals surface area (Å²) in [6.45, 7) is 13.1. The summed E-state index contributed by atoms with van der Waals surface area (Å²) in [5.41, 5.74) is -1.66. The molecule has 5 amide bonds. The van der Waals surface area contributed by atoms with Crippen LogP contribution in [0.4, 0.5) is 9.59 Å². The Morgan fingerprint density at radius 2 is 1.78 bits per heavy atom. The number of amides is 5. The van der Waals surface area contributed by atoms with E-state index in [0.29, 0.717) is 18.6 Å². The van der Waals surface area contributed by atoms with Crippen LogP contribution in [-0.4, -0.2) is 109 Å². The van der Waals surface area contributed by atoms with Crippen LogP contribution in [0.2, 0.25) is 0 Å². The van der Waals surface area contributed by atoms with Gasteiger partial charge >= 0.3 is 12.2 Å². The summed E-state index contributed by atoms with van der Waals surface area (Å²) in [5.74, 6) is -2.23. The molecule has 4 bridgehead atoms. The van der Waals surface area contributed by atoms with E-state index in [2.05, 4.69) is 21.9 Å². The molecule has 3 N–H and O–H groups in total. The molecular formula is C38H51N5O11S. The predicted molar refractivity (Wildman–Crippen MR) is 198 cm³/mol. The van der Waals surface area contributed by atoms with Crippen LogP contribution in [0.1, 0.15) is 71.4 Å². The third-order valence-corrected chi connectivity index (χ3v) is 12.4. The second-order valence-electron chi connectivity index (χ2n) is 16.6. The van der Waals surface area contributed by atoms with Crippen molar-refractivity contribution >= 4 is 39.9 Å². The summed E-state index contributed by atoms with van der Waals surface area (Å²) in [6, 6.07) is 3.10. The fourth-order valence-corrected chi connectivity index (χ4v) is 8.43. The highest BCUT2D eigenvalue weighted by Crippen LogP contribution is 2.45. The van der Waals surface area contributed by atoms with E-state index < -0.39 is 85.8 Å². The van der Waals surface area contributed by atoms with Crippen molar-refractivity contribution in [2.45, 2.75) is 108 Å². The Morgan fingerprint density at radius 3 is 2.45 bits per heavy atom. The van der Waals surface area contributed by atoms with Crippen molar-refractivity contribution in [1.29, 1.82) is 0 Å². The number of fused-ring (bicyclic) bond motifs is 3. The molecule has 0 radical (unpaired) electrons. The molecule has 55 heavy (non-hydrogen) atoms. The van der Waals surface area contributed by atoms with Crippen molar-refractivity contribution in [3.63, 3.8) is 0 Å². The molecule has 1 aromatic carbocycles. The van der Waals surface area contributed by atoms with Gasteiger partial charge in [0.25, 0.3) is 5.91 Å². The molecule has 1 saturated heterocycles. The van der Waals surface area contributed by atoms with Gasteiger partial charge in [-0.1, -0.05) is 45.1 Å². The molecule has 1 unspecified atom stereocenters. The second kappa shape index (κ2) is 15.1. The van der Waals surface area contributed by atoms with Crippen molar-refractivity contribution in [2.75, 3.05) is 26.4 Å². The maximum atomic E-state index is 14.5. The van der Waals surface area contributed by atoms with Gasteiger partial charge in [-0.3, -0.25) is 24.0 Å². The molecule has 0 spiro atoms. The van der Waals surface area contributed by atoms with Gasteiger partial charge in [0.05, 0.1) is 30.5 Å². The molecule has 17 heteroatoms. The van der Waals surface area contributed by atoms with Crippen molar-refractivity contribution in [1.82, 2.24) is 25.2 Å². The Morgan fingerprint density at radius 1 is 1.05 bits per heavy atom. The highest BCUT2D eigenvalue weighted by atomic mass is 32.2. The molecule has 6 rings (SSSR count). The Hall–Kier alpha value is -4.64. The van der Waals surface area contributed by atoms with Crippen LogP contribution < -0.4 is 20.1 Å². The molecular weight excluding hydrogens is 735 g/mol. The number of hydrogen-bond acceptors (Lipinski definition) is 11. The van der Waals surface area contributed by atoms with Gasteiger partial charge in [-0.25, -0.2) is 18.0 Å². The maximum Gasteiger partial charge on any atom is 0.410 e. The number of cyclic esters (lactones) is 1. The molecule has 1 aromatic rings. The van der Waals surface area contributed by atoms with E-state index in [-0.39, 0.29) is 52.3 Å². The normalized spacial score (nSPS) is 29.3. The Kier molecular flexibility index (Phi) is 11.0. The van der Waals surface area contributed by atoms with Crippen molar-refractivity contribution in [2.24, 2.45) is 11.3 Å². The number of alkyl carbamates (subject to hydrolysis) is 1. The number of benzene rings is 1. The smallest absolute Gasteiger partial charge is 0.410 e. The van der Waals surface area contributed by atoms with Crippen LogP contribution in [0.3, 0.4) is 0 Å². The minimum Gasteiger partial charge on any atom is -0.489 e. The first-order valence-electron chi connectivity index (χ1n) is 18.6. The van der Waals surface area contributed by atoms with Crippen LogP contribution in [0.25, 0.3) is 0 Å². The van der Waals surface area contributed by atoms with Crippen LogP contribution in [0.15, 0.2) is 43.0 Å². The average Bonchev–Trinajstić information content (AvgIpc) is 4.00. The largest absolute Gasteiger partial charge is 0.489 e. The molecule has 5 aliphatic rings. The minimum absolute atomic E-state index is 0.0999. The van der Waals surface area contributed by atoms with E-state index in [1.165, 1.54) is 15.9 Å². The Labute approximate surface area is 321 Å². The Balaban J connectivity index is 1.28. The first-order valence-corrected chi connectivity index (χ1v) is 20.1. The van der Waals surface area contributed by atoms with Crippen molar-refractivity contribution in [3.05, 3.63) is 54.1 Å². The monoisotopic (exact) mass is 785 g/mol. The zero-order valence-electron chi connectivity index (χ0n) is 31.9. The van der Waals surface area contributed by atoms with Crippen LogP contribution in [0, 0.1) is 11.3 Å². The number of nitrogens with one attached hydrogen (secondary N) is 3. The number of rotatable bonds is 6. The lowest BCUT2D eigenvalue weighted by atomic mass is 9.85. The maximum absolute atomic E-state index is 14.5. The molecule has 2 aliphatic carbocycles. The number of carbonyl (C=O) groups excluding carboxylic acids is 5. The summed E-state index contributed by atoms with van der Waals surface area (Å²) in [5, 5.41) is 4.73. The van der Waals surface area contributed by atoms with Gasteiger partial charge in [-0.05, 0) is 56.2 Å². The first kappa shape index (κ1) is 40.0. The van der Waals surface area contributed by atoms with E-state index in [4.69, 9.17) is 18.9 Å². The third kappa shape index (κ3) is 8.93. The van der Waals surface area contributed by atoms with Crippen LogP contribution in [-0.2, 0) is 51.7 Å². The highest BCUT2D eigenvalue weighted by Gasteiger charge is 2.62. The Bertz CT molecular complexity index is 1870. The van der Waals surface area contributed by atoms with E-state index >= 15 is 0 Å². The topological polar surface area (TPSA) is 199 Å². The van der Waals surface area contributed by atoms with E-state index in [9.17, 15) is 32.4 Å². The van der Waals surface area contributed by atoms with Crippen LogP contribution in [0.5, 0.6) is 5.75 Å². The van der Waals surface area contributed by atoms with E-state index in [0.717, 1.165) is 11.1 Å². The third-order valence-electron chi connectivity index (χ3n) is 10.6. The lowest BCUT2D eigenvalue weighted by Gasteiger charge is -2.35. The van der Waals surface area contributed by atoms with Gasteiger partial charge in [0, 0.05) is 24.4 Å². The zero-order chi connectivity index (χ0) is 39.9. The lowest BCUT2D eigenvalue weighted by molar-refractivity contribution is -0.143. The number of nitrogens with zero attached hydrogens (tertiary/aromatic N) is 2. The molecule has 5 atom stereocenters. The summed E-state index contributed by atoms with van der Waals surface area (Å²) >= 11 is 0. The van der Waals surface area contributed by atoms with Gasteiger partial charge < -0.3 is 34.5 Å². The average molecular weight is 786 g/mol. The standard InChI is InChI=1S/C38H51N5O11S/c1-7-24-18-38(24,33(46)41-55(49,50)26-13-14-26)40-31(44)28-17-25-20-43(28)32(45)30(36(2,3)4)39-34(47)52-22-37(5,6)53-16-9-8-15-51-29-12-10-11-23-19-42(21-27(23)29)35(48)54-25/h7-12,24-26,28,30H,1,13-22H2,2-6H3,(H,39,47)(H,40,44)(H,41,46)/b9-8+/t24-,25?,28-,30+,38-/m0/s1. The second-order valence-corrected chi connectivity index (χ2v) is 18.5. The molecule has 3 fully saturated rings. The summed E-state index contributed by atoms with van der Waals surface area (Å²) in [6.07, 6.45) is 3.40. The van der Waals surface area contributed by atoms with Crippen molar-refractivity contribution in [3.8, 4) is 5.75 Å². The fraction of sp³-hybridized carbons (Fsp3) is 0.605. The number of hydrogen-bond donors (Lipinski definition) is 3. The van der Waals surface area contributed by atoms with Gasteiger partial charge in [0.2, 0.25) is 21.8 Å². The number of ether oxygens (including phenoxy) is 4. The molecule has 3 aliphatic heterocycles. The number of carbonyl (C=O) groups is 5. The molecule has 2 saturated carbocycles. The number of sulfonamides is 1. The highest BCUT2D eigenvalue weighted by molar-refractivity contribution is 7.91. The summed E-state index contributed by atoms with van der Waals surface area (Å²) in [7, 11) is -3.93. The molecule has 16 nitrogen and oxygen atoms in total. The quantitative estimate of drug-likeness (QED) is 0.359. The fourth-order valence-electron chi connectivity index (χ4n) is 7.07. The summed E-state index contributed by atoms with van der Waals surface area (Å²) < 4.78 is 50.9. The lowest BCUT2D eigenvalue weighted by Crippen LogP contribution is -2.60. The molecule has 0 aromatic heterocycles. The SMILES string of the molecule is C=C[C@H]1C[C@@]1(NC(=O)[C@@H]1CC2CN1C(=O)[C@H](C(C)(C)C)NC(=O)OCC(C)(C)OC/C=C/COc1cccc3c1CN(C3)C(=O)O2)C(=O)NS(=O)(=O)C1CC1. The van der Waals surface area contributed by atoms with E-state index in [1.807, 2.05) is 18.2 Å². The first-order chi connectivity index (χ1) is 25.8. The predicted octanol–water partition coefficient (Wildman–Crippen LogP) is 2.66. The van der Waals surface area contributed by atoms with Gasteiger partial charge in [0.1, 0.15) is 42.7 Å². The van der Waals surface area contributed by atoms with Gasteiger partial charge in [-0.2, -0.15) is 0 Å².